The van der Waals surface area contributed by atoms with Crippen LogP contribution < -0.4 is 20.3 Å². The number of nitrogens with one attached hydrogen (secondary N) is 1. The van der Waals surface area contributed by atoms with Gasteiger partial charge in [-0.15, -0.1) is 11.3 Å². The first kappa shape index (κ1) is 23.8. The molecule has 0 saturated carbocycles. The highest BCUT2D eigenvalue weighted by Crippen LogP contribution is 2.37. The fourth-order valence-electron chi connectivity index (χ4n) is 4.03. The van der Waals surface area contributed by atoms with Crippen molar-refractivity contribution in [2.75, 3.05) is 33.6 Å². The molecule has 178 valence electrons. The summed E-state index contributed by atoms with van der Waals surface area (Å²) in [5.41, 5.74) is 2.36. The molecule has 0 amide bonds. The van der Waals surface area contributed by atoms with Gasteiger partial charge in [0, 0.05) is 28.7 Å². The topological polar surface area (TPSA) is 68.6 Å². The van der Waals surface area contributed by atoms with Gasteiger partial charge in [-0.05, 0) is 56.4 Å². The van der Waals surface area contributed by atoms with Crippen molar-refractivity contribution < 1.29 is 9.47 Å². The minimum Gasteiger partial charge on any atom is -0.493 e. The van der Waals surface area contributed by atoms with E-state index in [1.165, 1.54) is 25.6 Å². The molecule has 4 aromatic rings. The Morgan fingerprint density at radius 1 is 1.06 bits per heavy atom. The van der Waals surface area contributed by atoms with Crippen LogP contribution in [0, 0.1) is 0 Å². The second kappa shape index (κ2) is 9.87. The van der Waals surface area contributed by atoms with Crippen molar-refractivity contribution in [2.45, 2.75) is 19.5 Å². The lowest BCUT2D eigenvalue weighted by molar-refractivity contribution is 0.356. The van der Waals surface area contributed by atoms with Crippen molar-refractivity contribution in [1.82, 2.24) is 14.7 Å². The van der Waals surface area contributed by atoms with Crippen molar-refractivity contribution in [1.29, 1.82) is 0 Å². The maximum atomic E-state index is 12.7. The Morgan fingerprint density at radius 3 is 2.41 bits per heavy atom. The van der Waals surface area contributed by atoms with Crippen LogP contribution in [0.1, 0.15) is 23.4 Å². The summed E-state index contributed by atoms with van der Waals surface area (Å²) in [7, 11) is 8.95. The van der Waals surface area contributed by atoms with Crippen molar-refractivity contribution in [3.8, 4) is 21.9 Å². The molecule has 1 N–H and O–H groups in total. The summed E-state index contributed by atoms with van der Waals surface area (Å²) in [5, 5.41) is 9.23. The van der Waals surface area contributed by atoms with E-state index in [-0.39, 0.29) is 11.6 Å². The van der Waals surface area contributed by atoms with E-state index in [0.717, 1.165) is 6.54 Å². The minimum absolute atomic E-state index is 0.0129. The Kier molecular flexibility index (Phi) is 6.90. The number of aryl methyl sites for hydroxylation is 1. The van der Waals surface area contributed by atoms with Gasteiger partial charge in [-0.2, -0.15) is 5.10 Å². The zero-order valence-corrected chi connectivity index (χ0v) is 21.2. The predicted molar refractivity (Wildman–Crippen MR) is 139 cm³/mol. The van der Waals surface area contributed by atoms with E-state index in [2.05, 4.69) is 72.7 Å². The molecule has 7 nitrogen and oxygen atoms in total. The van der Waals surface area contributed by atoms with Crippen molar-refractivity contribution >= 4 is 27.9 Å². The Bertz CT molecular complexity index is 1380. The maximum absolute atomic E-state index is 12.7. The maximum Gasteiger partial charge on any atom is 0.274 e. The number of ether oxygens (including phenoxy) is 2. The SMILES string of the molecule is COc1cc2c(NC(C)c3ccc(-c4ccccc4CN(C)C)s3)nn(C)c(=O)c2cc1OC. The fourth-order valence-corrected chi connectivity index (χ4v) is 5.10. The number of anilines is 1. The highest BCUT2D eigenvalue weighted by molar-refractivity contribution is 7.15. The molecule has 8 heteroatoms. The molecule has 1 unspecified atom stereocenters. The number of rotatable bonds is 8. The monoisotopic (exact) mass is 478 g/mol. The average molecular weight is 479 g/mol. The Morgan fingerprint density at radius 2 is 1.74 bits per heavy atom. The van der Waals surface area contributed by atoms with Gasteiger partial charge in [-0.25, -0.2) is 4.68 Å². The third kappa shape index (κ3) is 4.64. The third-order valence-electron chi connectivity index (χ3n) is 5.73. The molecular formula is C26H30N4O3S. The van der Waals surface area contributed by atoms with Crippen LogP contribution in [0.3, 0.4) is 0 Å². The van der Waals surface area contributed by atoms with Crippen LogP contribution in [0.25, 0.3) is 21.2 Å². The van der Waals surface area contributed by atoms with Crippen LogP contribution in [0.15, 0.2) is 53.3 Å². The normalized spacial score (nSPS) is 12.2. The lowest BCUT2D eigenvalue weighted by Gasteiger charge is -2.17. The molecule has 0 aliphatic rings. The smallest absolute Gasteiger partial charge is 0.274 e. The highest BCUT2D eigenvalue weighted by atomic mass is 32.1. The van der Waals surface area contributed by atoms with Gasteiger partial charge in [0.05, 0.1) is 25.6 Å². The summed E-state index contributed by atoms with van der Waals surface area (Å²) in [5.74, 6) is 1.68. The number of nitrogens with zero attached hydrogens (tertiary/aromatic N) is 3. The number of methoxy groups -OCH3 is 2. The quantitative estimate of drug-likeness (QED) is 0.388. The van der Waals surface area contributed by atoms with E-state index in [0.29, 0.717) is 28.1 Å². The first-order valence-electron chi connectivity index (χ1n) is 11.0. The number of hydrogen-bond donors (Lipinski definition) is 1. The van der Waals surface area contributed by atoms with Gasteiger partial charge in [0.2, 0.25) is 0 Å². The van der Waals surface area contributed by atoms with E-state index in [4.69, 9.17) is 9.47 Å². The molecule has 0 radical (unpaired) electrons. The molecule has 2 aromatic carbocycles. The summed E-state index contributed by atoms with van der Waals surface area (Å²) in [6, 6.07) is 16.3. The zero-order chi connectivity index (χ0) is 24.4. The molecule has 1 atom stereocenters. The van der Waals surface area contributed by atoms with Crippen LogP contribution in [-0.2, 0) is 13.6 Å². The molecule has 34 heavy (non-hydrogen) atoms. The second-order valence-corrected chi connectivity index (χ2v) is 9.61. The van der Waals surface area contributed by atoms with Crippen molar-refractivity contribution in [3.63, 3.8) is 0 Å². The molecule has 0 aliphatic heterocycles. The van der Waals surface area contributed by atoms with E-state index in [1.807, 2.05) is 0 Å². The number of aromatic nitrogens is 2. The van der Waals surface area contributed by atoms with Gasteiger partial charge < -0.3 is 19.7 Å². The Labute approximate surface area is 203 Å². The molecular weight excluding hydrogens is 448 g/mol. The predicted octanol–water partition coefficient (Wildman–Crippen LogP) is 4.91. The van der Waals surface area contributed by atoms with Gasteiger partial charge >= 0.3 is 0 Å². The summed E-state index contributed by atoms with van der Waals surface area (Å²) in [4.78, 5) is 17.3. The van der Waals surface area contributed by atoms with Crippen molar-refractivity contribution in [3.05, 3.63) is 69.3 Å². The van der Waals surface area contributed by atoms with E-state index in [1.54, 1.807) is 44.7 Å². The van der Waals surface area contributed by atoms with E-state index >= 15 is 0 Å². The lowest BCUT2D eigenvalue weighted by Crippen LogP contribution is -2.22. The highest BCUT2D eigenvalue weighted by Gasteiger charge is 2.18. The van der Waals surface area contributed by atoms with E-state index in [9.17, 15) is 4.79 Å². The molecule has 2 heterocycles. The number of benzene rings is 2. The second-order valence-electron chi connectivity index (χ2n) is 8.49. The first-order chi connectivity index (χ1) is 16.3. The Hall–Kier alpha value is -3.36. The molecule has 0 saturated heterocycles. The summed E-state index contributed by atoms with van der Waals surface area (Å²) in [6.07, 6.45) is 0. The molecule has 0 aliphatic carbocycles. The van der Waals surface area contributed by atoms with Gasteiger partial charge in [0.15, 0.2) is 17.3 Å². The van der Waals surface area contributed by atoms with Crippen LogP contribution in [0.2, 0.25) is 0 Å². The summed E-state index contributed by atoms with van der Waals surface area (Å²) >= 11 is 1.76. The summed E-state index contributed by atoms with van der Waals surface area (Å²) in [6.45, 7) is 2.98. The van der Waals surface area contributed by atoms with Gasteiger partial charge in [-0.3, -0.25) is 4.79 Å². The third-order valence-corrected chi connectivity index (χ3v) is 7.03. The Balaban J connectivity index is 1.69. The first-order valence-corrected chi connectivity index (χ1v) is 11.9. The van der Waals surface area contributed by atoms with Crippen LogP contribution in [-0.4, -0.2) is 43.0 Å². The zero-order valence-electron chi connectivity index (χ0n) is 20.4. The van der Waals surface area contributed by atoms with Crippen LogP contribution in [0.4, 0.5) is 5.82 Å². The van der Waals surface area contributed by atoms with Crippen LogP contribution in [0.5, 0.6) is 11.5 Å². The summed E-state index contributed by atoms with van der Waals surface area (Å²) < 4.78 is 12.2. The van der Waals surface area contributed by atoms with Gasteiger partial charge in [-0.1, -0.05) is 24.3 Å². The number of fused-ring (bicyclic) bond motifs is 1. The standard InChI is InChI=1S/C26H30N4O3S/c1-16(23-11-12-24(34-23)18-10-8-7-9-17(18)15-29(2)3)27-25-19-13-21(32-5)22(33-6)14-20(19)26(31)30(4)28-25/h7-14,16H,15H2,1-6H3,(H,27,28). The molecule has 2 aromatic heterocycles. The average Bonchev–Trinajstić information content (AvgIpc) is 3.31. The number of thiophene rings is 1. The number of hydrogen-bond acceptors (Lipinski definition) is 7. The van der Waals surface area contributed by atoms with Crippen LogP contribution >= 0.6 is 11.3 Å². The van der Waals surface area contributed by atoms with Crippen molar-refractivity contribution in [2.24, 2.45) is 7.05 Å². The van der Waals surface area contributed by atoms with E-state index < -0.39 is 0 Å². The molecule has 4 rings (SSSR count). The van der Waals surface area contributed by atoms with Gasteiger partial charge in [0.1, 0.15) is 0 Å². The minimum atomic E-state index is -0.190. The van der Waals surface area contributed by atoms with Gasteiger partial charge in [0.25, 0.3) is 5.56 Å². The molecule has 0 fully saturated rings. The largest absolute Gasteiger partial charge is 0.493 e. The fraction of sp³-hybridized carbons (Fsp3) is 0.308. The molecule has 0 bridgehead atoms. The lowest BCUT2D eigenvalue weighted by atomic mass is 10.1. The molecule has 0 spiro atoms.